The molecule has 2 rings (SSSR count). The summed E-state index contributed by atoms with van der Waals surface area (Å²) in [6.07, 6.45) is -4.61. The Bertz CT molecular complexity index is 831. The van der Waals surface area contributed by atoms with E-state index in [1.165, 1.54) is 26.4 Å². The predicted molar refractivity (Wildman–Crippen MR) is 78.8 cm³/mol. The predicted octanol–water partition coefficient (Wildman–Crippen LogP) is 3.49. The van der Waals surface area contributed by atoms with Crippen molar-refractivity contribution in [2.45, 2.75) is 11.1 Å². The first-order valence-corrected chi connectivity index (χ1v) is 7.92. The van der Waals surface area contributed by atoms with Gasteiger partial charge in [0.15, 0.2) is 4.90 Å². The minimum atomic E-state index is -4.61. The molecule has 0 saturated heterocycles. The van der Waals surface area contributed by atoms with E-state index in [4.69, 9.17) is 13.7 Å². The van der Waals surface area contributed by atoms with Crippen molar-refractivity contribution in [3.63, 3.8) is 0 Å². The monoisotopic (exact) mass is 362 g/mol. The fourth-order valence-electron chi connectivity index (χ4n) is 1.88. The van der Waals surface area contributed by atoms with Crippen LogP contribution in [0, 0.1) is 0 Å². The number of alkyl halides is 3. The van der Waals surface area contributed by atoms with Gasteiger partial charge in [-0.15, -0.1) is 0 Å². The van der Waals surface area contributed by atoms with Crippen LogP contribution in [0.1, 0.15) is 5.56 Å². The number of methoxy groups -OCH3 is 2. The molecule has 0 heterocycles. The lowest BCUT2D eigenvalue weighted by molar-refractivity contribution is -0.137. The molecule has 0 unspecified atom stereocenters. The van der Waals surface area contributed by atoms with Crippen LogP contribution in [-0.4, -0.2) is 22.6 Å². The minimum absolute atomic E-state index is 0.0252. The second-order valence-corrected chi connectivity index (χ2v) is 6.09. The maximum atomic E-state index is 12.7. The molecule has 24 heavy (non-hydrogen) atoms. The topological polar surface area (TPSA) is 61.8 Å². The number of hydrogen-bond donors (Lipinski definition) is 0. The molecule has 0 spiro atoms. The average molecular weight is 362 g/mol. The first kappa shape index (κ1) is 17.9. The maximum absolute atomic E-state index is 12.7. The number of halogens is 3. The van der Waals surface area contributed by atoms with E-state index >= 15 is 0 Å². The van der Waals surface area contributed by atoms with Gasteiger partial charge in [0, 0.05) is 6.07 Å². The molecular weight excluding hydrogens is 349 g/mol. The molecule has 0 fully saturated rings. The summed E-state index contributed by atoms with van der Waals surface area (Å²) in [5.74, 6) is -0.264. The highest BCUT2D eigenvalue weighted by atomic mass is 32.2. The summed E-state index contributed by atoms with van der Waals surface area (Å²) in [7, 11) is -1.83. The van der Waals surface area contributed by atoms with Crippen molar-refractivity contribution in [3.8, 4) is 17.2 Å². The standard InChI is InChI=1S/C15H13F3O5S/c1-21-11-6-7-13(22-2)14(9-11)24(19,20)23-12-5-3-4-10(8-12)15(16,17)18/h3-9H,1-2H3. The van der Waals surface area contributed by atoms with Crippen molar-refractivity contribution in [3.05, 3.63) is 48.0 Å². The molecule has 0 atom stereocenters. The Morgan fingerprint density at radius 3 is 2.21 bits per heavy atom. The summed E-state index contributed by atoms with van der Waals surface area (Å²) in [4.78, 5) is -0.359. The van der Waals surface area contributed by atoms with Crippen LogP contribution >= 0.6 is 0 Å². The Balaban J connectivity index is 2.42. The Hall–Kier alpha value is -2.42. The molecule has 0 bridgehead atoms. The van der Waals surface area contributed by atoms with Gasteiger partial charge in [-0.25, -0.2) is 0 Å². The number of rotatable bonds is 5. The zero-order chi connectivity index (χ0) is 18.0. The van der Waals surface area contributed by atoms with Crippen LogP contribution in [0.15, 0.2) is 47.4 Å². The largest absolute Gasteiger partial charge is 0.497 e. The molecule has 0 aromatic heterocycles. The van der Waals surface area contributed by atoms with Crippen LogP contribution in [0.25, 0.3) is 0 Å². The first-order valence-electron chi connectivity index (χ1n) is 6.51. The lowest BCUT2D eigenvalue weighted by atomic mass is 10.2. The van der Waals surface area contributed by atoms with Crippen LogP contribution in [0.3, 0.4) is 0 Å². The van der Waals surface area contributed by atoms with Crippen LogP contribution in [0.5, 0.6) is 17.2 Å². The summed E-state index contributed by atoms with van der Waals surface area (Å²) in [6, 6.07) is 7.55. The molecule has 0 aliphatic rings. The normalized spacial score (nSPS) is 11.9. The van der Waals surface area contributed by atoms with Gasteiger partial charge < -0.3 is 13.7 Å². The van der Waals surface area contributed by atoms with Gasteiger partial charge in [0.2, 0.25) is 0 Å². The molecule has 5 nitrogen and oxygen atoms in total. The van der Waals surface area contributed by atoms with Gasteiger partial charge in [-0.1, -0.05) is 6.07 Å². The van der Waals surface area contributed by atoms with Crippen molar-refractivity contribution in [1.82, 2.24) is 0 Å². The van der Waals surface area contributed by atoms with Crippen molar-refractivity contribution < 1.29 is 35.2 Å². The molecule has 2 aromatic rings. The first-order chi connectivity index (χ1) is 11.2. The number of hydrogen-bond acceptors (Lipinski definition) is 5. The zero-order valence-corrected chi connectivity index (χ0v) is 13.4. The SMILES string of the molecule is COc1ccc(OC)c(S(=O)(=O)Oc2cccc(C(F)(F)F)c2)c1. The van der Waals surface area contributed by atoms with Crippen LogP contribution in [-0.2, 0) is 16.3 Å². The van der Waals surface area contributed by atoms with E-state index in [1.807, 2.05) is 0 Å². The van der Waals surface area contributed by atoms with Gasteiger partial charge in [0.25, 0.3) is 0 Å². The van der Waals surface area contributed by atoms with Gasteiger partial charge in [0.05, 0.1) is 19.8 Å². The third kappa shape index (κ3) is 3.91. The summed E-state index contributed by atoms with van der Waals surface area (Å²) >= 11 is 0. The Morgan fingerprint density at radius 1 is 0.917 bits per heavy atom. The quantitative estimate of drug-likeness (QED) is 0.762. The molecule has 0 saturated carbocycles. The summed E-state index contributed by atoms with van der Waals surface area (Å²) in [5, 5.41) is 0. The van der Waals surface area contributed by atoms with Crippen LogP contribution < -0.4 is 13.7 Å². The lowest BCUT2D eigenvalue weighted by Gasteiger charge is -2.13. The van der Waals surface area contributed by atoms with Gasteiger partial charge in [-0.05, 0) is 30.3 Å². The third-order valence-corrected chi connectivity index (χ3v) is 4.28. The number of ether oxygens (including phenoxy) is 2. The van der Waals surface area contributed by atoms with Crippen molar-refractivity contribution in [1.29, 1.82) is 0 Å². The van der Waals surface area contributed by atoms with E-state index in [-0.39, 0.29) is 16.4 Å². The van der Waals surface area contributed by atoms with Gasteiger partial charge in [0.1, 0.15) is 17.2 Å². The second-order valence-electron chi connectivity index (χ2n) is 4.58. The van der Waals surface area contributed by atoms with Crippen molar-refractivity contribution in [2.24, 2.45) is 0 Å². The highest BCUT2D eigenvalue weighted by Gasteiger charge is 2.31. The Kier molecular flexibility index (Phi) is 4.93. The molecule has 0 amide bonds. The molecule has 0 N–H and O–H groups in total. The molecule has 0 aliphatic carbocycles. The second kappa shape index (κ2) is 6.60. The molecular formula is C15H13F3O5S. The molecule has 0 aliphatic heterocycles. The smallest absolute Gasteiger partial charge is 0.416 e. The highest BCUT2D eigenvalue weighted by Crippen LogP contribution is 2.34. The molecule has 9 heteroatoms. The summed E-state index contributed by atoms with van der Waals surface area (Å²) in [5.41, 5.74) is -1.02. The molecule has 2 aromatic carbocycles. The minimum Gasteiger partial charge on any atom is -0.497 e. The van der Waals surface area contributed by atoms with Crippen molar-refractivity contribution in [2.75, 3.05) is 14.2 Å². The van der Waals surface area contributed by atoms with E-state index < -0.39 is 27.6 Å². The van der Waals surface area contributed by atoms with Crippen LogP contribution in [0.4, 0.5) is 13.2 Å². The summed E-state index contributed by atoms with van der Waals surface area (Å²) < 4.78 is 77.5. The molecule has 130 valence electrons. The van der Waals surface area contributed by atoms with Gasteiger partial charge >= 0.3 is 16.3 Å². The fraction of sp³-hybridized carbons (Fsp3) is 0.200. The van der Waals surface area contributed by atoms with Gasteiger partial charge in [-0.3, -0.25) is 0 Å². The highest BCUT2D eigenvalue weighted by molar-refractivity contribution is 7.87. The average Bonchev–Trinajstić information content (AvgIpc) is 2.53. The van der Waals surface area contributed by atoms with Crippen molar-refractivity contribution >= 4 is 10.1 Å². The fourth-order valence-corrected chi connectivity index (χ4v) is 2.98. The maximum Gasteiger partial charge on any atom is 0.416 e. The van der Waals surface area contributed by atoms with E-state index in [0.717, 1.165) is 24.3 Å². The van der Waals surface area contributed by atoms with Crippen LogP contribution in [0.2, 0.25) is 0 Å². The van der Waals surface area contributed by atoms with E-state index in [2.05, 4.69) is 0 Å². The molecule has 0 radical (unpaired) electrons. The zero-order valence-electron chi connectivity index (χ0n) is 12.6. The van der Waals surface area contributed by atoms with E-state index in [0.29, 0.717) is 6.07 Å². The number of benzene rings is 2. The van der Waals surface area contributed by atoms with E-state index in [1.54, 1.807) is 0 Å². The third-order valence-electron chi connectivity index (χ3n) is 3.01. The van der Waals surface area contributed by atoms with E-state index in [9.17, 15) is 21.6 Å². The Labute approximate surface area is 136 Å². The summed E-state index contributed by atoms with van der Waals surface area (Å²) in [6.45, 7) is 0. The van der Waals surface area contributed by atoms with Gasteiger partial charge in [-0.2, -0.15) is 21.6 Å². The lowest BCUT2D eigenvalue weighted by Crippen LogP contribution is -2.12. The Morgan fingerprint density at radius 2 is 1.62 bits per heavy atom.